The molecular formula is C26H26FN3O2. The molecule has 5 nitrogen and oxygen atoms in total. The minimum atomic E-state index is -0.969. The number of halogens is 1. The summed E-state index contributed by atoms with van der Waals surface area (Å²) in [6.07, 6.45) is 3.56. The van der Waals surface area contributed by atoms with E-state index in [1.54, 1.807) is 18.3 Å². The summed E-state index contributed by atoms with van der Waals surface area (Å²) in [6.45, 7) is 3.29. The van der Waals surface area contributed by atoms with Gasteiger partial charge >= 0.3 is 0 Å². The number of rotatable bonds is 5. The van der Waals surface area contributed by atoms with Crippen molar-refractivity contribution >= 4 is 5.91 Å². The van der Waals surface area contributed by atoms with Gasteiger partial charge in [0, 0.05) is 51.0 Å². The number of amides is 1. The highest BCUT2D eigenvalue weighted by atomic mass is 19.1. The van der Waals surface area contributed by atoms with Crippen molar-refractivity contribution in [2.45, 2.75) is 24.6 Å². The first-order valence-corrected chi connectivity index (χ1v) is 11.0. The van der Waals surface area contributed by atoms with Crippen LogP contribution in [-0.2, 0) is 22.6 Å². The first kappa shape index (κ1) is 20.8. The van der Waals surface area contributed by atoms with Crippen molar-refractivity contribution in [2.24, 2.45) is 0 Å². The van der Waals surface area contributed by atoms with Gasteiger partial charge in [-0.25, -0.2) is 4.39 Å². The van der Waals surface area contributed by atoms with Crippen LogP contribution in [0.2, 0.25) is 0 Å². The van der Waals surface area contributed by atoms with Gasteiger partial charge in [0.25, 0.3) is 5.91 Å². The zero-order chi connectivity index (χ0) is 22.0. The van der Waals surface area contributed by atoms with E-state index < -0.39 is 5.60 Å². The molecule has 32 heavy (non-hydrogen) atoms. The molecule has 2 saturated heterocycles. The summed E-state index contributed by atoms with van der Waals surface area (Å²) in [4.78, 5) is 22.3. The molecule has 0 N–H and O–H groups in total. The van der Waals surface area contributed by atoms with Gasteiger partial charge in [-0.1, -0.05) is 48.5 Å². The zero-order valence-corrected chi connectivity index (χ0v) is 17.9. The highest BCUT2D eigenvalue weighted by molar-refractivity contribution is 5.88. The highest BCUT2D eigenvalue weighted by Crippen LogP contribution is 2.42. The molecule has 3 heterocycles. The van der Waals surface area contributed by atoms with Crippen LogP contribution in [0.25, 0.3) is 0 Å². The molecule has 0 unspecified atom stereocenters. The fourth-order valence-electron chi connectivity index (χ4n) is 4.97. The quantitative estimate of drug-likeness (QED) is 0.619. The van der Waals surface area contributed by atoms with E-state index in [0.717, 1.165) is 16.7 Å². The van der Waals surface area contributed by atoms with Crippen LogP contribution >= 0.6 is 0 Å². The van der Waals surface area contributed by atoms with Crippen molar-refractivity contribution < 1.29 is 13.9 Å². The molecule has 0 aliphatic carbocycles. The average Bonchev–Trinajstić information content (AvgIpc) is 3.17. The fraction of sp³-hybridized carbons (Fsp3) is 0.308. The second kappa shape index (κ2) is 8.81. The van der Waals surface area contributed by atoms with Gasteiger partial charge in [0.1, 0.15) is 5.82 Å². The molecule has 0 bridgehead atoms. The number of carbonyl (C=O) groups excluding carboxylic acids is 1. The second-order valence-electron chi connectivity index (χ2n) is 8.59. The lowest BCUT2D eigenvalue weighted by molar-refractivity contribution is -0.173. The maximum atomic E-state index is 13.9. The van der Waals surface area contributed by atoms with Crippen LogP contribution in [0.3, 0.4) is 0 Å². The molecule has 0 saturated carbocycles. The molecule has 3 aromatic rings. The molecule has 1 amide bonds. The monoisotopic (exact) mass is 431 g/mol. The largest absolute Gasteiger partial charge is 0.361 e. The maximum absolute atomic E-state index is 13.9. The molecule has 1 aromatic heterocycles. The topological polar surface area (TPSA) is 45.7 Å². The van der Waals surface area contributed by atoms with Crippen molar-refractivity contribution in [2.75, 3.05) is 26.2 Å². The Morgan fingerprint density at radius 2 is 1.88 bits per heavy atom. The minimum Gasteiger partial charge on any atom is -0.361 e. The molecule has 2 fully saturated rings. The molecule has 2 aliphatic rings. The molecular weight excluding hydrogens is 405 g/mol. The van der Waals surface area contributed by atoms with E-state index in [-0.39, 0.29) is 17.6 Å². The number of hydrogen-bond donors (Lipinski definition) is 0. The Morgan fingerprint density at radius 3 is 2.66 bits per heavy atom. The molecule has 6 heteroatoms. The maximum Gasteiger partial charge on any atom is 0.257 e. The Bertz CT molecular complexity index is 1080. The Hall–Kier alpha value is -3.09. The smallest absolute Gasteiger partial charge is 0.257 e. The Balaban J connectivity index is 1.45. The number of benzene rings is 2. The van der Waals surface area contributed by atoms with Crippen LogP contribution in [0.1, 0.15) is 22.6 Å². The van der Waals surface area contributed by atoms with E-state index >= 15 is 0 Å². The summed E-state index contributed by atoms with van der Waals surface area (Å²) in [5, 5.41) is 0. The van der Waals surface area contributed by atoms with Crippen molar-refractivity contribution in [1.82, 2.24) is 14.8 Å². The van der Waals surface area contributed by atoms with Gasteiger partial charge in [-0.2, -0.15) is 0 Å². The standard InChI is InChI=1S/C26H26FN3O2/c27-23-10-4-8-21(14-23)16-29-18-24(22-9-5-11-28-15-22)26(19-29)25(31)30(12-13-32-26)17-20-6-2-1-3-7-20/h1-11,14-15,24H,12-13,16-19H2/t24-,26+/m0/s1. The first-order chi connectivity index (χ1) is 15.6. The highest BCUT2D eigenvalue weighted by Gasteiger charge is 2.56. The number of aromatic nitrogens is 1. The lowest BCUT2D eigenvalue weighted by Crippen LogP contribution is -2.59. The third-order valence-corrected chi connectivity index (χ3v) is 6.43. The second-order valence-corrected chi connectivity index (χ2v) is 8.59. The summed E-state index contributed by atoms with van der Waals surface area (Å²) >= 11 is 0. The molecule has 0 radical (unpaired) electrons. The average molecular weight is 432 g/mol. The number of pyridine rings is 1. The van der Waals surface area contributed by atoms with Gasteiger partial charge in [0.05, 0.1) is 6.61 Å². The molecule has 2 aliphatic heterocycles. The Morgan fingerprint density at radius 1 is 1.03 bits per heavy atom. The predicted octanol–water partition coefficient (Wildman–Crippen LogP) is 3.62. The number of morpholine rings is 1. The Labute approximate surface area is 187 Å². The first-order valence-electron chi connectivity index (χ1n) is 11.0. The van der Waals surface area contributed by atoms with E-state index in [4.69, 9.17) is 4.74 Å². The van der Waals surface area contributed by atoms with Gasteiger partial charge in [-0.15, -0.1) is 0 Å². The number of hydrogen-bond acceptors (Lipinski definition) is 4. The van der Waals surface area contributed by atoms with Gasteiger partial charge < -0.3 is 9.64 Å². The normalized spacial score (nSPS) is 23.7. The van der Waals surface area contributed by atoms with Crippen molar-refractivity contribution in [3.63, 3.8) is 0 Å². The molecule has 1 spiro atoms. The summed E-state index contributed by atoms with van der Waals surface area (Å²) in [6, 6.07) is 20.6. The summed E-state index contributed by atoms with van der Waals surface area (Å²) < 4.78 is 20.1. The molecule has 164 valence electrons. The van der Waals surface area contributed by atoms with E-state index in [1.807, 2.05) is 59.6 Å². The van der Waals surface area contributed by atoms with Crippen LogP contribution in [0.4, 0.5) is 4.39 Å². The van der Waals surface area contributed by atoms with Crippen LogP contribution in [0.15, 0.2) is 79.1 Å². The van der Waals surface area contributed by atoms with Crippen molar-refractivity contribution in [3.05, 3.63) is 102 Å². The fourth-order valence-corrected chi connectivity index (χ4v) is 4.97. The third kappa shape index (κ3) is 4.04. The van der Waals surface area contributed by atoms with Crippen molar-refractivity contribution in [3.8, 4) is 0 Å². The van der Waals surface area contributed by atoms with E-state index in [9.17, 15) is 9.18 Å². The summed E-state index contributed by atoms with van der Waals surface area (Å²) in [7, 11) is 0. The number of likely N-dealkylation sites (tertiary alicyclic amines) is 1. The Kier molecular flexibility index (Phi) is 5.72. The lowest BCUT2D eigenvalue weighted by atomic mass is 9.83. The minimum absolute atomic E-state index is 0.0169. The summed E-state index contributed by atoms with van der Waals surface area (Å²) in [5.74, 6) is -0.377. The molecule has 5 rings (SSSR count). The van der Waals surface area contributed by atoms with Gasteiger partial charge in [0.15, 0.2) is 5.60 Å². The predicted molar refractivity (Wildman–Crippen MR) is 119 cm³/mol. The molecule has 2 atom stereocenters. The lowest BCUT2D eigenvalue weighted by Gasteiger charge is -2.42. The van der Waals surface area contributed by atoms with Gasteiger partial charge in [-0.3, -0.25) is 14.7 Å². The number of carbonyl (C=O) groups is 1. The van der Waals surface area contributed by atoms with Crippen LogP contribution in [-0.4, -0.2) is 52.5 Å². The van der Waals surface area contributed by atoms with Crippen LogP contribution < -0.4 is 0 Å². The number of ether oxygens (including phenoxy) is 1. The van der Waals surface area contributed by atoms with Gasteiger partial charge in [0.2, 0.25) is 0 Å². The number of nitrogens with zero attached hydrogens (tertiary/aromatic N) is 3. The SMILES string of the molecule is O=C1N(Cc2ccccc2)CCO[C@@]12CN(Cc1cccc(F)c1)C[C@H]2c1cccnc1. The summed E-state index contributed by atoms with van der Waals surface area (Å²) in [5.41, 5.74) is 2.01. The van der Waals surface area contributed by atoms with E-state index in [1.165, 1.54) is 6.07 Å². The van der Waals surface area contributed by atoms with E-state index in [0.29, 0.717) is 39.3 Å². The zero-order valence-electron chi connectivity index (χ0n) is 17.9. The van der Waals surface area contributed by atoms with Crippen LogP contribution in [0.5, 0.6) is 0 Å². The third-order valence-electron chi connectivity index (χ3n) is 6.43. The van der Waals surface area contributed by atoms with E-state index in [2.05, 4.69) is 9.88 Å². The van der Waals surface area contributed by atoms with Crippen molar-refractivity contribution in [1.29, 1.82) is 0 Å². The van der Waals surface area contributed by atoms with Gasteiger partial charge in [-0.05, 0) is 34.9 Å². The van der Waals surface area contributed by atoms with Crippen LogP contribution in [0, 0.1) is 5.82 Å². The molecule has 2 aromatic carbocycles.